The number of hydrogen-bond donors (Lipinski definition) is 1. The highest BCUT2D eigenvalue weighted by Gasteiger charge is 2.13. The highest BCUT2D eigenvalue weighted by atomic mass is 79.9. The van der Waals surface area contributed by atoms with E-state index >= 15 is 0 Å². The molecule has 1 aromatic heterocycles. The highest BCUT2D eigenvalue weighted by molar-refractivity contribution is 9.10. The Morgan fingerprint density at radius 2 is 1.95 bits per heavy atom. The predicted octanol–water partition coefficient (Wildman–Crippen LogP) is 3.77. The van der Waals surface area contributed by atoms with Gasteiger partial charge < -0.3 is 9.84 Å². The lowest BCUT2D eigenvalue weighted by Gasteiger charge is -2.10. The summed E-state index contributed by atoms with van der Waals surface area (Å²) in [5.74, 6) is 0.785. The third-order valence-corrected chi connectivity index (χ3v) is 4.45. The smallest absolute Gasteiger partial charge is 0.131 e. The second-order valence-corrected chi connectivity index (χ2v) is 5.76. The maximum absolute atomic E-state index is 9.77. The first-order valence-corrected chi connectivity index (χ1v) is 7.97. The van der Waals surface area contributed by atoms with Crippen LogP contribution in [0.4, 0.5) is 0 Å². The van der Waals surface area contributed by atoms with Gasteiger partial charge in [0.05, 0.1) is 22.0 Å². The van der Waals surface area contributed by atoms with Gasteiger partial charge in [-0.3, -0.25) is 4.68 Å². The van der Waals surface area contributed by atoms with Crippen molar-refractivity contribution in [3.05, 3.63) is 45.7 Å². The van der Waals surface area contributed by atoms with Crippen LogP contribution in [0.5, 0.6) is 5.75 Å². The van der Waals surface area contributed by atoms with Crippen molar-refractivity contribution in [2.45, 2.75) is 39.4 Å². The molecule has 1 heterocycles. The zero-order valence-corrected chi connectivity index (χ0v) is 14.2. The van der Waals surface area contributed by atoms with Gasteiger partial charge in [-0.05, 0) is 46.5 Å². The van der Waals surface area contributed by atoms with Gasteiger partial charge in [-0.1, -0.05) is 26.0 Å². The lowest BCUT2D eigenvalue weighted by atomic mass is 10.1. The third kappa shape index (κ3) is 3.66. The summed E-state index contributed by atoms with van der Waals surface area (Å²) < 4.78 is 8.67. The minimum absolute atomic E-state index is 0.405. The number of aliphatic hydroxyl groups excluding tert-OH is 1. The predicted molar refractivity (Wildman–Crippen MR) is 86.3 cm³/mol. The molecule has 5 heteroatoms. The van der Waals surface area contributed by atoms with E-state index in [0.717, 1.165) is 33.6 Å². The second kappa shape index (κ2) is 7.09. The van der Waals surface area contributed by atoms with Crippen LogP contribution < -0.4 is 4.74 Å². The van der Waals surface area contributed by atoms with Crippen molar-refractivity contribution < 1.29 is 9.84 Å². The summed E-state index contributed by atoms with van der Waals surface area (Å²) in [6.07, 6.45) is 1.19. The first kappa shape index (κ1) is 16.0. The summed E-state index contributed by atoms with van der Waals surface area (Å²) in [7, 11) is 1.92. The van der Waals surface area contributed by atoms with Gasteiger partial charge in [0.1, 0.15) is 12.4 Å². The van der Waals surface area contributed by atoms with E-state index in [9.17, 15) is 5.11 Å². The van der Waals surface area contributed by atoms with Gasteiger partial charge in [-0.15, -0.1) is 0 Å². The lowest BCUT2D eigenvalue weighted by Crippen LogP contribution is -2.04. The van der Waals surface area contributed by atoms with E-state index in [4.69, 9.17) is 4.74 Å². The van der Waals surface area contributed by atoms with E-state index < -0.39 is 6.10 Å². The van der Waals surface area contributed by atoms with Crippen molar-refractivity contribution in [3.63, 3.8) is 0 Å². The van der Waals surface area contributed by atoms with Gasteiger partial charge in [-0.2, -0.15) is 5.10 Å². The zero-order valence-electron chi connectivity index (χ0n) is 12.6. The molecule has 1 atom stereocenters. The van der Waals surface area contributed by atoms with E-state index in [-0.39, 0.29) is 0 Å². The number of ether oxygens (including phenoxy) is 1. The Morgan fingerprint density at radius 3 is 2.48 bits per heavy atom. The van der Waals surface area contributed by atoms with Crippen LogP contribution in [-0.4, -0.2) is 14.9 Å². The van der Waals surface area contributed by atoms with E-state index in [1.807, 2.05) is 42.9 Å². The van der Waals surface area contributed by atoms with Gasteiger partial charge in [-0.25, -0.2) is 0 Å². The van der Waals surface area contributed by atoms with Crippen LogP contribution in [0, 0.1) is 0 Å². The molecule has 114 valence electrons. The van der Waals surface area contributed by atoms with E-state index in [0.29, 0.717) is 13.0 Å². The minimum atomic E-state index is -0.405. The number of aliphatic hydroxyl groups is 1. The van der Waals surface area contributed by atoms with Crippen LogP contribution in [0.25, 0.3) is 0 Å². The summed E-state index contributed by atoms with van der Waals surface area (Å²) in [5.41, 5.74) is 2.97. The van der Waals surface area contributed by atoms with Gasteiger partial charge in [0.25, 0.3) is 0 Å². The molecule has 0 saturated heterocycles. The molecule has 0 bridgehead atoms. The number of hydrogen-bond acceptors (Lipinski definition) is 3. The number of halogens is 1. The fourth-order valence-electron chi connectivity index (χ4n) is 2.15. The Hall–Kier alpha value is -1.33. The summed E-state index contributed by atoms with van der Waals surface area (Å²) in [6.45, 7) is 4.50. The molecule has 0 radical (unpaired) electrons. The summed E-state index contributed by atoms with van der Waals surface area (Å²) in [5, 5.41) is 14.2. The monoisotopic (exact) mass is 352 g/mol. The normalized spacial score (nSPS) is 12.4. The maximum Gasteiger partial charge on any atom is 0.131 e. The highest BCUT2D eigenvalue weighted by Crippen LogP contribution is 2.24. The second-order valence-electron chi connectivity index (χ2n) is 4.97. The Labute approximate surface area is 133 Å². The van der Waals surface area contributed by atoms with Gasteiger partial charge in [0.15, 0.2) is 0 Å². The summed E-state index contributed by atoms with van der Waals surface area (Å²) in [4.78, 5) is 0. The van der Waals surface area contributed by atoms with E-state index in [1.54, 1.807) is 0 Å². The molecule has 2 rings (SSSR count). The molecule has 0 spiro atoms. The van der Waals surface area contributed by atoms with Crippen molar-refractivity contribution in [1.29, 1.82) is 0 Å². The Morgan fingerprint density at radius 1 is 1.29 bits per heavy atom. The van der Waals surface area contributed by atoms with Crippen LogP contribution in [0.3, 0.4) is 0 Å². The first-order valence-electron chi connectivity index (χ1n) is 7.17. The SMILES string of the molecule is CCc1nn(C)c(COc2ccc([C@H](O)CC)cc2)c1Br. The molecule has 0 aliphatic carbocycles. The molecule has 2 aromatic rings. The summed E-state index contributed by atoms with van der Waals surface area (Å²) in [6, 6.07) is 7.58. The maximum atomic E-state index is 9.77. The van der Waals surface area contributed by atoms with Gasteiger partial charge in [0, 0.05) is 7.05 Å². The molecule has 1 aromatic carbocycles. The van der Waals surface area contributed by atoms with E-state index in [2.05, 4.69) is 28.0 Å². The number of benzene rings is 1. The van der Waals surface area contributed by atoms with Crippen molar-refractivity contribution in [2.24, 2.45) is 7.05 Å². The molecule has 0 aliphatic rings. The minimum Gasteiger partial charge on any atom is -0.487 e. The Bertz CT molecular complexity index is 593. The Kier molecular flexibility index (Phi) is 5.42. The topological polar surface area (TPSA) is 47.3 Å². The van der Waals surface area contributed by atoms with E-state index in [1.165, 1.54) is 0 Å². The zero-order chi connectivity index (χ0) is 15.4. The van der Waals surface area contributed by atoms with Crippen LogP contribution in [0.15, 0.2) is 28.7 Å². The largest absolute Gasteiger partial charge is 0.487 e. The van der Waals surface area contributed by atoms with Crippen molar-refractivity contribution >= 4 is 15.9 Å². The molecule has 0 unspecified atom stereocenters. The molecule has 4 nitrogen and oxygen atoms in total. The first-order chi connectivity index (χ1) is 10.1. The molecule has 1 N–H and O–H groups in total. The number of nitrogens with zero attached hydrogens (tertiary/aromatic N) is 2. The molecule has 0 aliphatic heterocycles. The number of aromatic nitrogens is 2. The average Bonchev–Trinajstić information content (AvgIpc) is 2.79. The fourth-order valence-corrected chi connectivity index (χ4v) is 2.88. The average molecular weight is 353 g/mol. The molecule has 21 heavy (non-hydrogen) atoms. The van der Waals surface area contributed by atoms with Gasteiger partial charge >= 0.3 is 0 Å². The molecular formula is C16H21BrN2O2. The van der Waals surface area contributed by atoms with Crippen LogP contribution in [0.1, 0.15) is 43.3 Å². The number of aryl methyl sites for hydroxylation is 2. The standard InChI is InChI=1S/C16H21BrN2O2/c1-4-13-16(17)14(19(3)18-13)10-21-12-8-6-11(7-9-12)15(20)5-2/h6-9,15,20H,4-5,10H2,1-3H3/t15-/m1/s1. The quantitative estimate of drug-likeness (QED) is 0.860. The van der Waals surface area contributed by atoms with Crippen LogP contribution in [0.2, 0.25) is 0 Å². The van der Waals surface area contributed by atoms with Crippen molar-refractivity contribution in [3.8, 4) is 5.75 Å². The molecule has 0 fully saturated rings. The van der Waals surface area contributed by atoms with Crippen molar-refractivity contribution in [1.82, 2.24) is 9.78 Å². The summed E-state index contributed by atoms with van der Waals surface area (Å²) >= 11 is 3.58. The third-order valence-electron chi connectivity index (χ3n) is 3.53. The molecular weight excluding hydrogens is 332 g/mol. The van der Waals surface area contributed by atoms with Crippen LogP contribution >= 0.6 is 15.9 Å². The number of rotatable bonds is 6. The van der Waals surface area contributed by atoms with Gasteiger partial charge in [0.2, 0.25) is 0 Å². The lowest BCUT2D eigenvalue weighted by molar-refractivity contribution is 0.173. The van der Waals surface area contributed by atoms with Crippen LogP contribution in [-0.2, 0) is 20.1 Å². The van der Waals surface area contributed by atoms with Crippen molar-refractivity contribution in [2.75, 3.05) is 0 Å². The molecule has 0 saturated carbocycles. The molecule has 0 amide bonds. The fraction of sp³-hybridized carbons (Fsp3) is 0.438. The Balaban J connectivity index is 2.05.